The minimum atomic E-state index is 0.455. The van der Waals surface area contributed by atoms with Crippen LogP contribution in [-0.4, -0.2) is 29.4 Å². The zero-order chi connectivity index (χ0) is 11.1. The monoisotopic (exact) mass is 225 g/mol. The first-order chi connectivity index (χ1) is 7.30. The molecule has 0 aromatic carbocycles. The molecule has 0 fully saturated rings. The lowest BCUT2D eigenvalue weighted by Crippen LogP contribution is -2.03. The molecule has 15 heavy (non-hydrogen) atoms. The number of ether oxygens (including phenoxy) is 1. The Balaban J connectivity index is 2.84. The SMILES string of the molecule is C=CCOc1cc(NCC)nc(SC)n1. The predicted octanol–water partition coefficient (Wildman–Crippen LogP) is 2.20. The Kier molecular flexibility index (Phi) is 4.97. The summed E-state index contributed by atoms with van der Waals surface area (Å²) in [7, 11) is 0. The van der Waals surface area contributed by atoms with Crippen LogP contribution in [0.15, 0.2) is 23.9 Å². The molecule has 0 saturated carbocycles. The topological polar surface area (TPSA) is 47.0 Å². The summed E-state index contributed by atoms with van der Waals surface area (Å²) in [5, 5.41) is 3.83. The summed E-state index contributed by atoms with van der Waals surface area (Å²) in [6.45, 7) is 6.89. The summed E-state index contributed by atoms with van der Waals surface area (Å²) in [6.07, 6.45) is 3.62. The molecule has 82 valence electrons. The van der Waals surface area contributed by atoms with Crippen LogP contribution < -0.4 is 10.1 Å². The van der Waals surface area contributed by atoms with Crippen molar-refractivity contribution in [2.24, 2.45) is 0 Å². The van der Waals surface area contributed by atoms with Crippen LogP contribution in [0.2, 0.25) is 0 Å². The molecule has 4 nitrogen and oxygen atoms in total. The van der Waals surface area contributed by atoms with Crippen molar-refractivity contribution in [2.45, 2.75) is 12.1 Å². The fourth-order valence-corrected chi connectivity index (χ4v) is 1.36. The van der Waals surface area contributed by atoms with Gasteiger partial charge in [-0.25, -0.2) is 4.98 Å². The first-order valence-corrected chi connectivity index (χ1v) is 5.93. The van der Waals surface area contributed by atoms with Crippen LogP contribution in [0.25, 0.3) is 0 Å². The molecule has 1 heterocycles. The van der Waals surface area contributed by atoms with Crippen LogP contribution in [0.5, 0.6) is 5.88 Å². The Morgan fingerprint density at radius 1 is 1.60 bits per heavy atom. The van der Waals surface area contributed by atoms with Crippen LogP contribution in [0.4, 0.5) is 5.82 Å². The summed E-state index contributed by atoms with van der Waals surface area (Å²) in [4.78, 5) is 8.50. The summed E-state index contributed by atoms with van der Waals surface area (Å²) >= 11 is 1.49. The number of hydrogen-bond donors (Lipinski definition) is 1. The first kappa shape index (κ1) is 11.8. The molecule has 0 amide bonds. The highest BCUT2D eigenvalue weighted by molar-refractivity contribution is 7.98. The van der Waals surface area contributed by atoms with E-state index in [0.29, 0.717) is 17.6 Å². The van der Waals surface area contributed by atoms with Crippen molar-refractivity contribution in [3.63, 3.8) is 0 Å². The second kappa shape index (κ2) is 6.29. The molecule has 0 radical (unpaired) electrons. The highest BCUT2D eigenvalue weighted by atomic mass is 32.2. The van der Waals surface area contributed by atoms with Crippen molar-refractivity contribution in [2.75, 3.05) is 24.7 Å². The van der Waals surface area contributed by atoms with Gasteiger partial charge in [0, 0.05) is 12.6 Å². The van der Waals surface area contributed by atoms with Gasteiger partial charge in [-0.05, 0) is 13.2 Å². The van der Waals surface area contributed by atoms with Gasteiger partial charge in [-0.2, -0.15) is 4.98 Å². The van der Waals surface area contributed by atoms with E-state index in [4.69, 9.17) is 4.74 Å². The smallest absolute Gasteiger partial charge is 0.219 e. The van der Waals surface area contributed by atoms with Crippen LogP contribution in [0.3, 0.4) is 0 Å². The molecule has 0 saturated heterocycles. The first-order valence-electron chi connectivity index (χ1n) is 4.70. The lowest BCUT2D eigenvalue weighted by Gasteiger charge is -2.07. The van der Waals surface area contributed by atoms with E-state index in [9.17, 15) is 0 Å². The standard InChI is InChI=1S/C10H15N3OS/c1-4-6-14-9-7-8(11-5-2)12-10(13-9)15-3/h4,7H,1,5-6H2,2-3H3,(H,11,12,13). The lowest BCUT2D eigenvalue weighted by molar-refractivity contribution is 0.345. The molecule has 0 bridgehead atoms. The summed E-state index contributed by atoms with van der Waals surface area (Å²) in [5.41, 5.74) is 0. The maximum absolute atomic E-state index is 5.36. The lowest BCUT2D eigenvalue weighted by atomic mass is 10.5. The van der Waals surface area contributed by atoms with E-state index in [0.717, 1.165) is 12.4 Å². The average molecular weight is 225 g/mol. The summed E-state index contributed by atoms with van der Waals surface area (Å²) in [6, 6.07) is 1.78. The zero-order valence-corrected chi connectivity index (χ0v) is 9.80. The fourth-order valence-electron chi connectivity index (χ4n) is 0.985. The normalized spacial score (nSPS) is 9.73. The predicted molar refractivity (Wildman–Crippen MR) is 63.7 cm³/mol. The number of hydrogen-bond acceptors (Lipinski definition) is 5. The van der Waals surface area contributed by atoms with Gasteiger partial charge in [-0.1, -0.05) is 24.4 Å². The van der Waals surface area contributed by atoms with E-state index in [2.05, 4.69) is 21.9 Å². The van der Waals surface area contributed by atoms with Crippen LogP contribution >= 0.6 is 11.8 Å². The maximum atomic E-state index is 5.36. The molecule has 0 spiro atoms. The second-order valence-electron chi connectivity index (χ2n) is 2.71. The van der Waals surface area contributed by atoms with E-state index in [-0.39, 0.29) is 0 Å². The molecule has 1 rings (SSSR count). The van der Waals surface area contributed by atoms with Gasteiger partial charge in [0.25, 0.3) is 0 Å². The molecule has 0 atom stereocenters. The van der Waals surface area contributed by atoms with Gasteiger partial charge < -0.3 is 10.1 Å². The second-order valence-corrected chi connectivity index (χ2v) is 3.48. The minimum absolute atomic E-state index is 0.455. The van der Waals surface area contributed by atoms with Gasteiger partial charge in [0.05, 0.1) is 0 Å². The highest BCUT2D eigenvalue weighted by Gasteiger charge is 2.03. The van der Waals surface area contributed by atoms with E-state index in [1.807, 2.05) is 13.2 Å². The van der Waals surface area contributed by atoms with Crippen LogP contribution in [0.1, 0.15) is 6.92 Å². The Morgan fingerprint density at radius 3 is 3.00 bits per heavy atom. The summed E-state index contributed by atoms with van der Waals surface area (Å²) in [5.74, 6) is 1.36. The van der Waals surface area contributed by atoms with Crippen molar-refractivity contribution in [1.82, 2.24) is 9.97 Å². The Bertz CT molecular complexity index is 330. The molecule has 0 aliphatic rings. The van der Waals surface area contributed by atoms with Gasteiger partial charge in [-0.3, -0.25) is 0 Å². The van der Waals surface area contributed by atoms with E-state index < -0.39 is 0 Å². The molecule has 1 aromatic heterocycles. The number of nitrogens with one attached hydrogen (secondary N) is 1. The number of rotatable bonds is 6. The molecular weight excluding hydrogens is 210 g/mol. The average Bonchev–Trinajstić information content (AvgIpc) is 2.26. The Labute approximate surface area is 94.2 Å². The van der Waals surface area contributed by atoms with Crippen LogP contribution in [-0.2, 0) is 0 Å². The van der Waals surface area contributed by atoms with Gasteiger partial charge >= 0.3 is 0 Å². The Morgan fingerprint density at radius 2 is 2.40 bits per heavy atom. The molecular formula is C10H15N3OS. The van der Waals surface area contributed by atoms with E-state index >= 15 is 0 Å². The molecule has 5 heteroatoms. The fraction of sp³-hybridized carbons (Fsp3) is 0.400. The number of anilines is 1. The van der Waals surface area contributed by atoms with Gasteiger partial charge in [-0.15, -0.1) is 0 Å². The third-order valence-corrected chi connectivity index (χ3v) is 2.12. The highest BCUT2D eigenvalue weighted by Crippen LogP contribution is 2.18. The molecule has 0 aliphatic heterocycles. The van der Waals surface area contributed by atoms with Gasteiger partial charge in [0.1, 0.15) is 12.4 Å². The number of thioether (sulfide) groups is 1. The summed E-state index contributed by atoms with van der Waals surface area (Å²) < 4.78 is 5.36. The Hall–Kier alpha value is -1.23. The van der Waals surface area contributed by atoms with Crippen molar-refractivity contribution in [3.05, 3.63) is 18.7 Å². The van der Waals surface area contributed by atoms with Gasteiger partial charge in [0.15, 0.2) is 5.16 Å². The molecule has 1 N–H and O–H groups in total. The van der Waals surface area contributed by atoms with Crippen molar-refractivity contribution < 1.29 is 4.74 Å². The third-order valence-electron chi connectivity index (χ3n) is 1.57. The molecule has 0 aliphatic carbocycles. The van der Waals surface area contributed by atoms with Crippen molar-refractivity contribution in [3.8, 4) is 5.88 Å². The number of nitrogens with zero attached hydrogens (tertiary/aromatic N) is 2. The minimum Gasteiger partial charge on any atom is -0.473 e. The van der Waals surface area contributed by atoms with E-state index in [1.54, 1.807) is 12.1 Å². The van der Waals surface area contributed by atoms with Gasteiger partial charge in [0.2, 0.25) is 5.88 Å². The molecule has 0 unspecified atom stereocenters. The number of aromatic nitrogens is 2. The quantitative estimate of drug-likeness (QED) is 0.457. The largest absolute Gasteiger partial charge is 0.473 e. The zero-order valence-electron chi connectivity index (χ0n) is 8.99. The van der Waals surface area contributed by atoms with Crippen molar-refractivity contribution >= 4 is 17.6 Å². The maximum Gasteiger partial charge on any atom is 0.219 e. The van der Waals surface area contributed by atoms with E-state index in [1.165, 1.54) is 11.8 Å². The third kappa shape index (κ3) is 3.79. The van der Waals surface area contributed by atoms with Crippen molar-refractivity contribution in [1.29, 1.82) is 0 Å². The molecule has 1 aromatic rings. The van der Waals surface area contributed by atoms with Crippen LogP contribution in [0, 0.1) is 0 Å².